The number of nitrogens with two attached hydrogens (primary N) is 2. The monoisotopic (exact) mass is 360 g/mol. The van der Waals surface area contributed by atoms with Crippen molar-refractivity contribution in [2.75, 3.05) is 13.1 Å². The summed E-state index contributed by atoms with van der Waals surface area (Å²) >= 11 is 0. The minimum absolute atomic E-state index is 0.0752. The Morgan fingerprint density at radius 1 is 1.17 bits per heavy atom. The Bertz CT molecular complexity index is 697. The number of halogens is 2. The fraction of sp³-hybridized carbons (Fsp3) is 0.533. The van der Waals surface area contributed by atoms with Crippen LogP contribution in [0.15, 0.2) is 28.1 Å². The zero-order valence-corrected chi connectivity index (χ0v) is 14.0. The van der Waals surface area contributed by atoms with Crippen molar-refractivity contribution in [2.24, 2.45) is 28.3 Å². The van der Waals surface area contributed by atoms with E-state index in [4.69, 9.17) is 11.5 Å². The Labute approximate surface area is 140 Å². The second-order valence-electron chi connectivity index (χ2n) is 6.08. The SMILES string of the molecule is NC(N)=NCC1CCC(CNS(=O)(=O)c2ccc(F)cc2F)CC1. The molecule has 2 rings (SSSR count). The van der Waals surface area contributed by atoms with Crippen LogP contribution in [-0.4, -0.2) is 27.5 Å². The number of aliphatic imine (C=N–C) groups is 1. The lowest BCUT2D eigenvalue weighted by atomic mass is 9.82. The van der Waals surface area contributed by atoms with Crippen LogP contribution in [0.5, 0.6) is 0 Å². The molecule has 1 fully saturated rings. The van der Waals surface area contributed by atoms with Crippen LogP contribution in [0.3, 0.4) is 0 Å². The predicted octanol–water partition coefficient (Wildman–Crippen LogP) is 1.32. The number of hydrogen-bond donors (Lipinski definition) is 3. The number of guanidine groups is 1. The van der Waals surface area contributed by atoms with E-state index in [0.717, 1.165) is 37.8 Å². The van der Waals surface area contributed by atoms with E-state index >= 15 is 0 Å². The molecular weight excluding hydrogens is 338 g/mol. The van der Waals surface area contributed by atoms with Crippen molar-refractivity contribution >= 4 is 16.0 Å². The average Bonchev–Trinajstić information content (AvgIpc) is 2.51. The van der Waals surface area contributed by atoms with Crippen LogP contribution in [-0.2, 0) is 10.0 Å². The summed E-state index contributed by atoms with van der Waals surface area (Å²) in [4.78, 5) is 3.47. The number of sulfonamides is 1. The molecule has 0 atom stereocenters. The van der Waals surface area contributed by atoms with Crippen LogP contribution in [0, 0.1) is 23.5 Å². The van der Waals surface area contributed by atoms with Crippen LogP contribution in [0.2, 0.25) is 0 Å². The first-order chi connectivity index (χ1) is 11.3. The smallest absolute Gasteiger partial charge is 0.243 e. The summed E-state index contributed by atoms with van der Waals surface area (Å²) in [5, 5.41) is 0. The quantitative estimate of drug-likeness (QED) is 0.525. The van der Waals surface area contributed by atoms with Gasteiger partial charge in [-0.15, -0.1) is 0 Å². The normalized spacial score (nSPS) is 21.4. The van der Waals surface area contributed by atoms with Crippen LogP contribution < -0.4 is 16.2 Å². The number of nitrogens with one attached hydrogen (secondary N) is 1. The van der Waals surface area contributed by atoms with E-state index in [1.54, 1.807) is 0 Å². The summed E-state index contributed by atoms with van der Waals surface area (Å²) in [5.74, 6) is -1.26. The molecule has 24 heavy (non-hydrogen) atoms. The fourth-order valence-electron chi connectivity index (χ4n) is 2.85. The summed E-state index contributed by atoms with van der Waals surface area (Å²) in [6.45, 7) is 0.815. The van der Waals surface area contributed by atoms with Crippen molar-refractivity contribution in [3.05, 3.63) is 29.8 Å². The third-order valence-corrected chi connectivity index (χ3v) is 5.70. The first kappa shape index (κ1) is 18.6. The summed E-state index contributed by atoms with van der Waals surface area (Å²) in [6.07, 6.45) is 3.51. The Hall–Kier alpha value is -1.74. The van der Waals surface area contributed by atoms with Gasteiger partial charge in [-0.25, -0.2) is 21.9 Å². The molecule has 1 aromatic carbocycles. The topological polar surface area (TPSA) is 111 Å². The maximum Gasteiger partial charge on any atom is 0.243 e. The predicted molar refractivity (Wildman–Crippen MR) is 87.7 cm³/mol. The van der Waals surface area contributed by atoms with E-state index in [9.17, 15) is 17.2 Å². The zero-order valence-electron chi connectivity index (χ0n) is 13.2. The molecule has 0 radical (unpaired) electrons. The zero-order chi connectivity index (χ0) is 17.7. The molecule has 1 saturated carbocycles. The highest BCUT2D eigenvalue weighted by Crippen LogP contribution is 2.29. The van der Waals surface area contributed by atoms with Gasteiger partial charge < -0.3 is 11.5 Å². The number of hydrogen-bond acceptors (Lipinski definition) is 3. The Kier molecular flexibility index (Phi) is 6.11. The van der Waals surface area contributed by atoms with Crippen LogP contribution in [0.4, 0.5) is 8.78 Å². The molecule has 6 nitrogen and oxygen atoms in total. The van der Waals surface area contributed by atoms with Gasteiger partial charge in [-0.05, 0) is 49.7 Å². The lowest BCUT2D eigenvalue weighted by Crippen LogP contribution is -2.32. The van der Waals surface area contributed by atoms with Gasteiger partial charge in [-0.1, -0.05) is 0 Å². The lowest BCUT2D eigenvalue weighted by Gasteiger charge is -2.27. The molecule has 0 amide bonds. The van der Waals surface area contributed by atoms with Gasteiger partial charge in [0.15, 0.2) is 5.96 Å². The molecule has 0 unspecified atom stereocenters. The molecule has 0 aromatic heterocycles. The molecule has 1 aliphatic rings. The molecule has 0 heterocycles. The van der Waals surface area contributed by atoms with E-state index in [1.165, 1.54) is 0 Å². The highest BCUT2D eigenvalue weighted by atomic mass is 32.2. The van der Waals surface area contributed by atoms with E-state index in [1.807, 2.05) is 0 Å². The second kappa shape index (κ2) is 7.89. The van der Waals surface area contributed by atoms with Crippen LogP contribution >= 0.6 is 0 Å². The summed E-state index contributed by atoms with van der Waals surface area (Å²) in [6, 6.07) is 2.41. The molecule has 1 aromatic rings. The maximum atomic E-state index is 13.6. The Balaban J connectivity index is 1.86. The van der Waals surface area contributed by atoms with Gasteiger partial charge in [0.05, 0.1) is 0 Å². The number of benzene rings is 1. The molecule has 134 valence electrons. The van der Waals surface area contributed by atoms with Gasteiger partial charge in [0.1, 0.15) is 16.5 Å². The lowest BCUT2D eigenvalue weighted by molar-refractivity contribution is 0.280. The van der Waals surface area contributed by atoms with Gasteiger partial charge in [0.25, 0.3) is 0 Å². The second-order valence-corrected chi connectivity index (χ2v) is 7.81. The average molecular weight is 360 g/mol. The highest BCUT2D eigenvalue weighted by Gasteiger charge is 2.24. The summed E-state index contributed by atoms with van der Waals surface area (Å²) in [5.41, 5.74) is 10.6. The van der Waals surface area contributed by atoms with Gasteiger partial charge in [0.2, 0.25) is 10.0 Å². The molecule has 5 N–H and O–H groups in total. The molecule has 1 aliphatic carbocycles. The Morgan fingerprint density at radius 2 is 1.79 bits per heavy atom. The minimum Gasteiger partial charge on any atom is -0.370 e. The van der Waals surface area contributed by atoms with E-state index in [-0.39, 0.29) is 18.4 Å². The van der Waals surface area contributed by atoms with Gasteiger partial charge in [-0.3, -0.25) is 4.99 Å². The van der Waals surface area contributed by atoms with Crippen LogP contribution in [0.1, 0.15) is 25.7 Å². The van der Waals surface area contributed by atoms with Crippen molar-refractivity contribution < 1.29 is 17.2 Å². The third-order valence-electron chi connectivity index (χ3n) is 4.24. The highest BCUT2D eigenvalue weighted by molar-refractivity contribution is 7.89. The fourth-order valence-corrected chi connectivity index (χ4v) is 4.02. The molecular formula is C15H22F2N4O2S. The first-order valence-electron chi connectivity index (χ1n) is 7.78. The van der Waals surface area contributed by atoms with Gasteiger partial charge in [-0.2, -0.15) is 0 Å². The van der Waals surface area contributed by atoms with E-state index in [2.05, 4.69) is 9.71 Å². The van der Waals surface area contributed by atoms with Crippen molar-refractivity contribution in [2.45, 2.75) is 30.6 Å². The molecule has 9 heteroatoms. The summed E-state index contributed by atoms with van der Waals surface area (Å²) < 4.78 is 53.2. The molecule has 0 spiro atoms. The Morgan fingerprint density at radius 3 is 2.38 bits per heavy atom. The van der Waals surface area contributed by atoms with E-state index in [0.29, 0.717) is 18.5 Å². The van der Waals surface area contributed by atoms with E-state index < -0.39 is 26.6 Å². The molecule has 0 saturated heterocycles. The third kappa shape index (κ3) is 5.13. The van der Waals surface area contributed by atoms with Gasteiger partial charge >= 0.3 is 0 Å². The minimum atomic E-state index is -3.99. The maximum absolute atomic E-state index is 13.6. The van der Waals surface area contributed by atoms with Gasteiger partial charge in [0, 0.05) is 19.2 Å². The van der Waals surface area contributed by atoms with Crippen molar-refractivity contribution in [1.29, 1.82) is 0 Å². The summed E-state index contributed by atoms with van der Waals surface area (Å²) in [7, 11) is -3.99. The van der Waals surface area contributed by atoms with Crippen molar-refractivity contribution in [3.8, 4) is 0 Å². The first-order valence-corrected chi connectivity index (χ1v) is 9.26. The molecule has 0 aliphatic heterocycles. The van der Waals surface area contributed by atoms with Crippen molar-refractivity contribution in [3.63, 3.8) is 0 Å². The number of rotatable bonds is 6. The number of nitrogens with zero attached hydrogens (tertiary/aromatic N) is 1. The molecule has 0 bridgehead atoms. The van der Waals surface area contributed by atoms with Crippen molar-refractivity contribution in [1.82, 2.24) is 4.72 Å². The largest absolute Gasteiger partial charge is 0.370 e. The standard InChI is InChI=1S/C15H22F2N4O2S/c16-12-5-6-14(13(17)7-12)24(22,23)21-9-11-3-1-10(2-4-11)8-20-15(18)19/h5-7,10-11,21H,1-4,8-9H2,(H4,18,19,20). The van der Waals surface area contributed by atoms with Crippen LogP contribution in [0.25, 0.3) is 0 Å².